The number of carbonyl (C=O) groups excluding carboxylic acids is 1. The Bertz CT molecular complexity index is 629. The van der Waals surface area contributed by atoms with Crippen LogP contribution in [0.5, 0.6) is 0 Å². The number of nitrogens with zero attached hydrogens (tertiary/aromatic N) is 1. The number of hydrogen-bond donors (Lipinski definition) is 1. The third-order valence-electron chi connectivity index (χ3n) is 4.02. The molecule has 116 valence electrons. The molecule has 0 spiro atoms. The Labute approximate surface area is 132 Å². The van der Waals surface area contributed by atoms with Crippen LogP contribution in [0.1, 0.15) is 49.4 Å². The van der Waals surface area contributed by atoms with Gasteiger partial charge in [-0.05, 0) is 43.0 Å². The first-order valence-electron chi connectivity index (χ1n) is 7.65. The van der Waals surface area contributed by atoms with E-state index in [0.29, 0.717) is 5.92 Å². The largest absolute Gasteiger partial charge is 0.351 e. The van der Waals surface area contributed by atoms with E-state index in [9.17, 15) is 4.79 Å². The lowest BCUT2D eigenvalue weighted by atomic mass is 10.0. The molecule has 3 nitrogen and oxygen atoms in total. The van der Waals surface area contributed by atoms with E-state index in [0.717, 1.165) is 11.3 Å². The number of primary amides is 1. The van der Waals surface area contributed by atoms with Crippen molar-refractivity contribution in [3.8, 4) is 0 Å². The third-order valence-corrected chi connectivity index (χ3v) is 4.02. The standard InChI is InChI=1S/C19H24N2O/c1-13(2)16-9-11-18(12-10-16)21(19(20)22)15(4)17-7-5-14(3)6-8-17/h5-13,15H,1-4H3,(H2,20,22). The van der Waals surface area contributed by atoms with Crippen LogP contribution in [-0.2, 0) is 0 Å². The molecule has 0 saturated heterocycles. The van der Waals surface area contributed by atoms with Crippen molar-refractivity contribution in [2.24, 2.45) is 5.73 Å². The van der Waals surface area contributed by atoms with Gasteiger partial charge in [0.2, 0.25) is 0 Å². The Morgan fingerprint density at radius 3 is 1.86 bits per heavy atom. The van der Waals surface area contributed by atoms with E-state index >= 15 is 0 Å². The highest BCUT2D eigenvalue weighted by Crippen LogP contribution is 2.28. The van der Waals surface area contributed by atoms with Crippen LogP contribution in [-0.4, -0.2) is 6.03 Å². The van der Waals surface area contributed by atoms with Gasteiger partial charge in [0.05, 0.1) is 6.04 Å². The molecule has 22 heavy (non-hydrogen) atoms. The minimum absolute atomic E-state index is 0.108. The molecule has 0 bridgehead atoms. The maximum Gasteiger partial charge on any atom is 0.319 e. The monoisotopic (exact) mass is 296 g/mol. The zero-order chi connectivity index (χ0) is 16.3. The zero-order valence-electron chi connectivity index (χ0n) is 13.7. The van der Waals surface area contributed by atoms with Gasteiger partial charge in [0.15, 0.2) is 0 Å². The van der Waals surface area contributed by atoms with E-state index in [-0.39, 0.29) is 6.04 Å². The summed E-state index contributed by atoms with van der Waals surface area (Å²) in [4.78, 5) is 13.6. The van der Waals surface area contributed by atoms with Gasteiger partial charge in [-0.25, -0.2) is 4.79 Å². The van der Waals surface area contributed by atoms with E-state index in [2.05, 4.69) is 26.0 Å². The lowest BCUT2D eigenvalue weighted by Gasteiger charge is -2.28. The van der Waals surface area contributed by atoms with Crippen LogP contribution in [0.15, 0.2) is 48.5 Å². The van der Waals surface area contributed by atoms with Gasteiger partial charge in [0, 0.05) is 5.69 Å². The fourth-order valence-electron chi connectivity index (χ4n) is 2.56. The van der Waals surface area contributed by atoms with Crippen molar-refractivity contribution in [1.82, 2.24) is 0 Å². The Balaban J connectivity index is 2.33. The number of urea groups is 1. The number of nitrogens with two attached hydrogens (primary N) is 1. The zero-order valence-corrected chi connectivity index (χ0v) is 13.7. The first-order valence-corrected chi connectivity index (χ1v) is 7.65. The van der Waals surface area contributed by atoms with E-state index in [4.69, 9.17) is 5.73 Å². The molecule has 1 unspecified atom stereocenters. The number of benzene rings is 2. The molecule has 2 aromatic rings. The van der Waals surface area contributed by atoms with Gasteiger partial charge in [-0.15, -0.1) is 0 Å². The van der Waals surface area contributed by atoms with Crippen LogP contribution in [0.25, 0.3) is 0 Å². The van der Waals surface area contributed by atoms with Crippen molar-refractivity contribution in [2.75, 3.05) is 4.90 Å². The number of aryl methyl sites for hydroxylation is 1. The van der Waals surface area contributed by atoms with Crippen molar-refractivity contribution in [3.05, 3.63) is 65.2 Å². The van der Waals surface area contributed by atoms with Gasteiger partial charge in [-0.2, -0.15) is 0 Å². The molecular formula is C19H24N2O. The van der Waals surface area contributed by atoms with Crippen LogP contribution < -0.4 is 10.6 Å². The van der Waals surface area contributed by atoms with Gasteiger partial charge < -0.3 is 5.73 Å². The van der Waals surface area contributed by atoms with E-state index in [1.54, 1.807) is 4.90 Å². The van der Waals surface area contributed by atoms with Crippen molar-refractivity contribution in [3.63, 3.8) is 0 Å². The van der Waals surface area contributed by atoms with Crippen molar-refractivity contribution in [2.45, 2.75) is 39.7 Å². The van der Waals surface area contributed by atoms with Crippen molar-refractivity contribution in [1.29, 1.82) is 0 Å². The van der Waals surface area contributed by atoms with Crippen molar-refractivity contribution >= 4 is 11.7 Å². The first-order chi connectivity index (χ1) is 10.4. The second kappa shape index (κ2) is 6.65. The summed E-state index contributed by atoms with van der Waals surface area (Å²) in [5, 5.41) is 0. The minimum atomic E-state index is -0.439. The average Bonchev–Trinajstić information content (AvgIpc) is 2.48. The minimum Gasteiger partial charge on any atom is -0.351 e. The Morgan fingerprint density at radius 1 is 0.909 bits per heavy atom. The second-order valence-corrected chi connectivity index (χ2v) is 6.04. The summed E-state index contributed by atoms with van der Waals surface area (Å²) in [5.74, 6) is 0.464. The predicted octanol–water partition coefficient (Wildman–Crippen LogP) is 4.76. The van der Waals surface area contributed by atoms with Crippen LogP contribution >= 0.6 is 0 Å². The third kappa shape index (κ3) is 3.48. The molecule has 2 N–H and O–H groups in total. The number of amides is 2. The summed E-state index contributed by atoms with van der Waals surface area (Å²) in [6.07, 6.45) is 0. The summed E-state index contributed by atoms with van der Waals surface area (Å²) >= 11 is 0. The number of carbonyl (C=O) groups is 1. The quantitative estimate of drug-likeness (QED) is 0.868. The lowest BCUT2D eigenvalue weighted by Crippen LogP contribution is -2.37. The summed E-state index contributed by atoms with van der Waals surface area (Å²) in [7, 11) is 0. The van der Waals surface area contributed by atoms with E-state index in [1.165, 1.54) is 11.1 Å². The topological polar surface area (TPSA) is 46.3 Å². The number of hydrogen-bond acceptors (Lipinski definition) is 1. The summed E-state index contributed by atoms with van der Waals surface area (Å²) in [6, 6.07) is 15.7. The maximum absolute atomic E-state index is 11.9. The fourth-order valence-corrected chi connectivity index (χ4v) is 2.56. The summed E-state index contributed by atoms with van der Waals surface area (Å²) in [6.45, 7) is 8.34. The molecule has 2 rings (SSSR count). The predicted molar refractivity (Wildman–Crippen MR) is 92.2 cm³/mol. The Kier molecular flexibility index (Phi) is 4.86. The van der Waals surface area contributed by atoms with Crippen LogP contribution in [0, 0.1) is 6.92 Å². The highest BCUT2D eigenvalue weighted by atomic mass is 16.2. The molecule has 0 radical (unpaired) electrons. The Hall–Kier alpha value is -2.29. The first kappa shape index (κ1) is 16.1. The van der Waals surface area contributed by atoms with Crippen LogP contribution in [0.2, 0.25) is 0 Å². The normalized spacial score (nSPS) is 12.2. The van der Waals surface area contributed by atoms with Crippen LogP contribution in [0.3, 0.4) is 0 Å². The molecule has 0 saturated carbocycles. The van der Waals surface area contributed by atoms with E-state index < -0.39 is 6.03 Å². The molecule has 3 heteroatoms. The molecule has 2 aromatic carbocycles. The highest BCUT2D eigenvalue weighted by molar-refractivity contribution is 5.91. The number of anilines is 1. The van der Waals surface area contributed by atoms with Crippen molar-refractivity contribution < 1.29 is 4.79 Å². The molecule has 0 heterocycles. The number of rotatable bonds is 4. The SMILES string of the molecule is Cc1ccc(C(C)N(C(N)=O)c2ccc(C(C)C)cc2)cc1. The fraction of sp³-hybridized carbons (Fsp3) is 0.316. The average molecular weight is 296 g/mol. The Morgan fingerprint density at radius 2 is 1.41 bits per heavy atom. The smallest absolute Gasteiger partial charge is 0.319 e. The highest BCUT2D eigenvalue weighted by Gasteiger charge is 2.21. The maximum atomic E-state index is 11.9. The summed E-state index contributed by atoms with van der Waals surface area (Å²) < 4.78 is 0. The van der Waals surface area contributed by atoms with Gasteiger partial charge in [0.25, 0.3) is 0 Å². The molecular weight excluding hydrogens is 272 g/mol. The lowest BCUT2D eigenvalue weighted by molar-refractivity contribution is 0.252. The molecule has 0 aliphatic carbocycles. The van der Waals surface area contributed by atoms with Gasteiger partial charge in [-0.3, -0.25) is 4.90 Å². The van der Waals surface area contributed by atoms with E-state index in [1.807, 2.05) is 50.2 Å². The molecule has 2 amide bonds. The molecule has 1 atom stereocenters. The van der Waals surface area contributed by atoms with Gasteiger partial charge >= 0.3 is 6.03 Å². The molecule has 0 aliphatic rings. The summed E-state index contributed by atoms with van der Waals surface area (Å²) in [5.41, 5.74) is 9.96. The van der Waals surface area contributed by atoms with Gasteiger partial charge in [-0.1, -0.05) is 55.8 Å². The molecule has 0 aromatic heterocycles. The molecule has 0 fully saturated rings. The second-order valence-electron chi connectivity index (χ2n) is 6.04. The van der Waals surface area contributed by atoms with Gasteiger partial charge in [0.1, 0.15) is 0 Å². The van der Waals surface area contributed by atoms with Crippen LogP contribution in [0.4, 0.5) is 10.5 Å². The molecule has 0 aliphatic heterocycles.